The molecule has 2 aromatic carbocycles. The Hall–Kier alpha value is -2.54. The van der Waals surface area contributed by atoms with Crippen LogP contribution in [0.5, 0.6) is 0 Å². The van der Waals surface area contributed by atoms with Gasteiger partial charge < -0.3 is 10.6 Å². The lowest BCUT2D eigenvalue weighted by Crippen LogP contribution is -2.46. The molecule has 1 aliphatic rings. The molecule has 0 heterocycles. The highest BCUT2D eigenvalue weighted by Gasteiger charge is 2.31. The molecule has 8 heteroatoms. The molecule has 4 nitrogen and oxygen atoms in total. The summed E-state index contributed by atoms with van der Waals surface area (Å²) in [5, 5.41) is 6.11. The predicted octanol–water partition coefficient (Wildman–Crippen LogP) is 5.40. The summed E-state index contributed by atoms with van der Waals surface area (Å²) >= 11 is 5.93. The Balaban J connectivity index is 1.50. The van der Waals surface area contributed by atoms with Crippen molar-refractivity contribution in [3.05, 3.63) is 70.2 Å². The number of carbonyl (C=O) groups excluding carboxylic acids is 2. The van der Waals surface area contributed by atoms with Gasteiger partial charge >= 0.3 is 6.18 Å². The molecule has 1 saturated carbocycles. The van der Waals surface area contributed by atoms with E-state index in [4.69, 9.17) is 11.6 Å². The highest BCUT2D eigenvalue weighted by Crippen LogP contribution is 2.30. The first kappa shape index (κ1) is 24.1. The van der Waals surface area contributed by atoms with Gasteiger partial charge in [0.15, 0.2) is 0 Å². The van der Waals surface area contributed by atoms with E-state index >= 15 is 0 Å². The lowest BCUT2D eigenvalue weighted by Gasteiger charge is -2.32. The van der Waals surface area contributed by atoms with E-state index in [1.165, 1.54) is 17.7 Å². The molecule has 2 atom stereocenters. The molecule has 2 N–H and O–H groups in total. The van der Waals surface area contributed by atoms with Gasteiger partial charge in [0.1, 0.15) is 0 Å². The summed E-state index contributed by atoms with van der Waals surface area (Å²) in [5.74, 6) is -0.717. The largest absolute Gasteiger partial charge is 0.416 e. The van der Waals surface area contributed by atoms with E-state index in [-0.39, 0.29) is 24.1 Å². The molecule has 1 aliphatic carbocycles. The van der Waals surface area contributed by atoms with Gasteiger partial charge in [0.2, 0.25) is 5.91 Å². The molecule has 2 aromatic rings. The molecule has 172 valence electrons. The van der Waals surface area contributed by atoms with Gasteiger partial charge in [0, 0.05) is 16.6 Å². The third-order valence-electron chi connectivity index (χ3n) is 5.83. The van der Waals surface area contributed by atoms with Crippen molar-refractivity contribution in [1.82, 2.24) is 10.6 Å². The first-order valence-electron chi connectivity index (χ1n) is 10.7. The Labute approximate surface area is 190 Å². The summed E-state index contributed by atoms with van der Waals surface area (Å²) < 4.78 is 38.5. The van der Waals surface area contributed by atoms with Gasteiger partial charge in [-0.2, -0.15) is 13.2 Å². The van der Waals surface area contributed by atoms with E-state index in [1.54, 1.807) is 0 Å². The molecule has 0 saturated heterocycles. The summed E-state index contributed by atoms with van der Waals surface area (Å²) in [5.41, 5.74) is 0.157. The van der Waals surface area contributed by atoms with Gasteiger partial charge in [0.25, 0.3) is 5.91 Å². The Morgan fingerprint density at radius 2 is 1.75 bits per heavy atom. The van der Waals surface area contributed by atoms with Crippen LogP contribution in [-0.2, 0) is 17.4 Å². The quantitative estimate of drug-likeness (QED) is 0.574. The summed E-state index contributed by atoms with van der Waals surface area (Å²) in [6.45, 7) is -0.282. The molecular formula is C24H26ClF3N2O2. The monoisotopic (exact) mass is 466 g/mol. The van der Waals surface area contributed by atoms with Crippen LogP contribution < -0.4 is 10.6 Å². The number of carbonyl (C=O) groups is 2. The minimum Gasteiger partial charge on any atom is -0.352 e. The fraction of sp³-hybridized carbons (Fsp3) is 0.417. The molecule has 0 aromatic heterocycles. The standard InChI is InChI=1S/C24H26ClF3N2O2/c25-20-12-9-16(10-13-20)8-11-17-4-1-2-7-21(17)30-22(31)15-29-23(32)18-5-3-6-19(14-18)24(26,27)28/h3,5-6,9-10,12-14,17,21H,1-2,4,7-8,11,15H2,(H,29,32)(H,30,31)/t17-,21-/m0/s1. The Morgan fingerprint density at radius 1 is 1.03 bits per heavy atom. The molecule has 0 spiro atoms. The molecule has 32 heavy (non-hydrogen) atoms. The fourth-order valence-electron chi connectivity index (χ4n) is 4.10. The number of halogens is 4. The van der Waals surface area contributed by atoms with E-state index < -0.39 is 17.6 Å². The highest BCUT2D eigenvalue weighted by molar-refractivity contribution is 6.30. The molecule has 0 aliphatic heterocycles. The average molecular weight is 467 g/mol. The first-order valence-corrected chi connectivity index (χ1v) is 11.1. The predicted molar refractivity (Wildman–Crippen MR) is 117 cm³/mol. The van der Waals surface area contributed by atoms with Crippen molar-refractivity contribution in [2.24, 2.45) is 5.92 Å². The number of hydrogen-bond donors (Lipinski definition) is 2. The van der Waals surface area contributed by atoms with Crippen LogP contribution >= 0.6 is 11.6 Å². The fourth-order valence-corrected chi connectivity index (χ4v) is 4.23. The van der Waals surface area contributed by atoms with Gasteiger partial charge in [-0.3, -0.25) is 9.59 Å². The van der Waals surface area contributed by atoms with E-state index in [1.807, 2.05) is 24.3 Å². The van der Waals surface area contributed by atoms with E-state index in [0.717, 1.165) is 50.7 Å². The second-order valence-electron chi connectivity index (χ2n) is 8.14. The SMILES string of the molecule is O=C(CNC(=O)c1cccc(C(F)(F)F)c1)N[C@H]1CCCC[C@H]1CCc1ccc(Cl)cc1. The maximum Gasteiger partial charge on any atom is 0.416 e. The maximum absolute atomic E-state index is 12.8. The zero-order chi connectivity index (χ0) is 23.1. The Bertz CT molecular complexity index is 932. The number of amides is 2. The van der Waals surface area contributed by atoms with E-state index in [9.17, 15) is 22.8 Å². The lowest BCUT2D eigenvalue weighted by molar-refractivity contribution is -0.137. The molecular weight excluding hydrogens is 441 g/mol. The zero-order valence-corrected chi connectivity index (χ0v) is 18.3. The third-order valence-corrected chi connectivity index (χ3v) is 6.09. The molecule has 3 rings (SSSR count). The van der Waals surface area contributed by atoms with Crippen LogP contribution in [0.4, 0.5) is 13.2 Å². The molecule has 0 unspecified atom stereocenters. The van der Waals surface area contributed by atoms with Crippen LogP contribution in [0.3, 0.4) is 0 Å². The normalized spacial score (nSPS) is 18.8. The third kappa shape index (κ3) is 6.99. The number of benzene rings is 2. The summed E-state index contributed by atoms with van der Waals surface area (Å²) in [6.07, 6.45) is 1.33. The van der Waals surface area contributed by atoms with Gasteiger partial charge in [-0.05, 0) is 67.5 Å². The maximum atomic E-state index is 12.8. The van der Waals surface area contributed by atoms with Crippen molar-refractivity contribution in [2.45, 2.75) is 50.7 Å². The minimum atomic E-state index is -4.53. The number of rotatable bonds is 7. The topological polar surface area (TPSA) is 58.2 Å². The highest BCUT2D eigenvalue weighted by atomic mass is 35.5. The summed E-state index contributed by atoms with van der Waals surface area (Å²) in [6, 6.07) is 11.9. The first-order chi connectivity index (χ1) is 15.2. The summed E-state index contributed by atoms with van der Waals surface area (Å²) in [7, 11) is 0. The molecule has 0 radical (unpaired) electrons. The van der Waals surface area contributed by atoms with Crippen LogP contribution in [0.1, 0.15) is 53.6 Å². The Morgan fingerprint density at radius 3 is 2.47 bits per heavy atom. The van der Waals surface area contributed by atoms with Crippen LogP contribution in [0.2, 0.25) is 5.02 Å². The smallest absolute Gasteiger partial charge is 0.352 e. The van der Waals surface area contributed by atoms with Crippen molar-refractivity contribution in [2.75, 3.05) is 6.54 Å². The van der Waals surface area contributed by atoms with Crippen molar-refractivity contribution in [1.29, 1.82) is 0 Å². The summed E-state index contributed by atoms with van der Waals surface area (Å²) in [4.78, 5) is 24.6. The zero-order valence-electron chi connectivity index (χ0n) is 17.6. The van der Waals surface area contributed by atoms with Crippen LogP contribution in [0, 0.1) is 5.92 Å². The van der Waals surface area contributed by atoms with Crippen molar-refractivity contribution >= 4 is 23.4 Å². The number of aryl methyl sites for hydroxylation is 1. The lowest BCUT2D eigenvalue weighted by atomic mass is 9.81. The van der Waals surface area contributed by atoms with Gasteiger partial charge in [-0.15, -0.1) is 0 Å². The second-order valence-corrected chi connectivity index (χ2v) is 8.58. The number of hydrogen-bond acceptors (Lipinski definition) is 2. The number of nitrogens with one attached hydrogen (secondary N) is 2. The molecule has 0 bridgehead atoms. The molecule has 2 amide bonds. The van der Waals surface area contributed by atoms with Crippen molar-refractivity contribution in [3.63, 3.8) is 0 Å². The van der Waals surface area contributed by atoms with Gasteiger partial charge in [-0.25, -0.2) is 0 Å². The average Bonchev–Trinajstić information content (AvgIpc) is 2.77. The van der Waals surface area contributed by atoms with Crippen LogP contribution in [-0.4, -0.2) is 24.4 Å². The number of alkyl halides is 3. The van der Waals surface area contributed by atoms with E-state index in [0.29, 0.717) is 10.9 Å². The van der Waals surface area contributed by atoms with Crippen molar-refractivity contribution < 1.29 is 22.8 Å². The van der Waals surface area contributed by atoms with Crippen LogP contribution in [0.15, 0.2) is 48.5 Å². The minimum absolute atomic E-state index is 0.0222. The van der Waals surface area contributed by atoms with Gasteiger partial charge in [0.05, 0.1) is 12.1 Å². The van der Waals surface area contributed by atoms with Crippen LogP contribution in [0.25, 0.3) is 0 Å². The van der Waals surface area contributed by atoms with Gasteiger partial charge in [-0.1, -0.05) is 42.6 Å². The van der Waals surface area contributed by atoms with Crippen molar-refractivity contribution in [3.8, 4) is 0 Å². The second kappa shape index (κ2) is 10.9. The molecule has 1 fully saturated rings. The Kier molecular flexibility index (Phi) is 8.18. The van der Waals surface area contributed by atoms with E-state index in [2.05, 4.69) is 10.6 Å².